The van der Waals surface area contributed by atoms with Crippen LogP contribution >= 0.6 is 34.4 Å². The lowest BCUT2D eigenvalue weighted by Crippen LogP contribution is -2.37. The summed E-state index contributed by atoms with van der Waals surface area (Å²) < 4.78 is 6.25. The van der Waals surface area contributed by atoms with E-state index in [9.17, 15) is 9.90 Å². The normalized spacial score (nSPS) is 21.0. The summed E-state index contributed by atoms with van der Waals surface area (Å²) in [6.45, 7) is 4.38. The Balaban J connectivity index is 1.29. The highest BCUT2D eigenvalue weighted by atomic mass is 127. The third-order valence-electron chi connectivity index (χ3n) is 8.53. The summed E-state index contributed by atoms with van der Waals surface area (Å²) in [4.78, 5) is 21.2. The maximum Gasteiger partial charge on any atom is 0.264 e. The molecule has 1 saturated heterocycles. The van der Waals surface area contributed by atoms with Crippen LogP contribution in [0, 0.1) is 3.57 Å². The Morgan fingerprint density at radius 2 is 1.59 bits per heavy atom. The molecule has 3 aliphatic rings. The number of phenols is 1. The predicted octanol–water partition coefficient (Wildman–Crippen LogP) is 8.16. The van der Waals surface area contributed by atoms with Gasteiger partial charge in [0, 0.05) is 30.6 Å². The first kappa shape index (κ1) is 29.0. The predicted molar refractivity (Wildman–Crippen MR) is 187 cm³/mol. The fraction of sp³-hybridized carbons (Fsp3) is 0.222. The zero-order valence-electron chi connectivity index (χ0n) is 24.3. The van der Waals surface area contributed by atoms with Crippen molar-refractivity contribution in [3.63, 3.8) is 0 Å². The summed E-state index contributed by atoms with van der Waals surface area (Å²) in [6.07, 6.45) is 3.93. The van der Waals surface area contributed by atoms with Crippen molar-refractivity contribution in [2.75, 3.05) is 24.6 Å². The number of benzene rings is 4. The molecule has 2 atom stereocenters. The van der Waals surface area contributed by atoms with Crippen LogP contribution in [-0.4, -0.2) is 35.9 Å². The molecule has 0 aliphatic carbocycles. The van der Waals surface area contributed by atoms with Crippen LogP contribution in [0.2, 0.25) is 0 Å². The second-order valence-corrected chi connectivity index (χ2v) is 13.4. The number of amides is 1. The molecule has 222 valence electrons. The number of phenolic OH excluding ortho intramolecular Hbond substituents is 1. The van der Waals surface area contributed by atoms with Gasteiger partial charge in [0.1, 0.15) is 0 Å². The molecule has 8 heteroatoms. The highest BCUT2D eigenvalue weighted by molar-refractivity contribution is 14.1. The minimum atomic E-state index is -0.190. The van der Waals surface area contributed by atoms with Gasteiger partial charge in [-0.15, -0.1) is 0 Å². The summed E-state index contributed by atoms with van der Waals surface area (Å²) in [5.41, 5.74) is 8.26. The molecule has 3 heterocycles. The van der Waals surface area contributed by atoms with Crippen molar-refractivity contribution in [2.45, 2.75) is 31.6 Å². The molecule has 1 amide bonds. The smallest absolute Gasteiger partial charge is 0.264 e. The molecule has 1 fully saturated rings. The van der Waals surface area contributed by atoms with Crippen LogP contribution in [-0.2, 0) is 4.79 Å². The van der Waals surface area contributed by atoms with Crippen molar-refractivity contribution in [3.8, 4) is 11.5 Å². The number of amidine groups is 1. The number of carbonyl (C=O) groups is 1. The molecule has 0 saturated carbocycles. The van der Waals surface area contributed by atoms with E-state index in [1.165, 1.54) is 39.7 Å². The van der Waals surface area contributed by atoms with Gasteiger partial charge in [0.2, 0.25) is 0 Å². The van der Waals surface area contributed by atoms with Crippen LogP contribution < -0.4 is 15.0 Å². The number of halogens is 1. The number of aromatic hydroxyl groups is 1. The number of aliphatic imine (C=N–C) groups is 1. The quantitative estimate of drug-likeness (QED) is 0.156. The Hall–Kier alpha value is -3.76. The van der Waals surface area contributed by atoms with Crippen LogP contribution in [0.15, 0.2) is 94.8 Å². The molecule has 0 radical (unpaired) electrons. The van der Waals surface area contributed by atoms with E-state index < -0.39 is 0 Å². The molecule has 0 aromatic heterocycles. The van der Waals surface area contributed by atoms with Crippen LogP contribution in [0.3, 0.4) is 0 Å². The highest BCUT2D eigenvalue weighted by Gasteiger charge is 2.35. The van der Waals surface area contributed by atoms with E-state index in [0.717, 1.165) is 37.2 Å². The van der Waals surface area contributed by atoms with Gasteiger partial charge in [0.05, 0.1) is 20.8 Å². The fourth-order valence-corrected chi connectivity index (χ4v) is 8.06. The zero-order chi connectivity index (χ0) is 30.2. The number of anilines is 1. The molecule has 0 bridgehead atoms. The second-order valence-electron chi connectivity index (χ2n) is 11.2. The Labute approximate surface area is 275 Å². The molecular formula is C36H32IN3O3S. The van der Waals surface area contributed by atoms with E-state index in [2.05, 4.69) is 106 Å². The van der Waals surface area contributed by atoms with Gasteiger partial charge in [-0.05, 0) is 112 Å². The standard InChI is InChI=1S/C36H32IN3O3S/c1-2-43-31-18-22(17-30(37)34(31)41)19-32-35(42)39-36(44-32)38-25-20-28-26(23-9-5-3-6-10-23)13-15-40-16-14-27(29(21-25)33(28)40)24-11-7-4-8-12-24/h3-12,17-21,26-27,41H,2,13-16H2,1H3,(H,38,39,42)/b32-19-/t26-,27-/m1/s1. The molecule has 0 spiro atoms. The van der Waals surface area contributed by atoms with Crippen LogP contribution in [0.1, 0.15) is 59.4 Å². The average Bonchev–Trinajstić information content (AvgIpc) is 3.38. The van der Waals surface area contributed by atoms with Gasteiger partial charge in [-0.1, -0.05) is 60.7 Å². The number of nitrogens with one attached hydrogen (secondary N) is 1. The Kier molecular flexibility index (Phi) is 8.12. The summed E-state index contributed by atoms with van der Waals surface area (Å²) in [5, 5.41) is 13.9. The molecule has 2 N–H and O–H groups in total. The van der Waals surface area contributed by atoms with Gasteiger partial charge in [0.25, 0.3) is 5.91 Å². The molecule has 44 heavy (non-hydrogen) atoms. The van der Waals surface area contributed by atoms with E-state index in [1.54, 1.807) is 6.07 Å². The topological polar surface area (TPSA) is 74.2 Å². The van der Waals surface area contributed by atoms with Crippen molar-refractivity contribution >= 4 is 62.9 Å². The first-order chi connectivity index (χ1) is 21.5. The SMILES string of the molecule is CCOc1cc(/C=C2\SC(=Nc3cc4c5c(c3)[C@@H](c3ccccc3)CCN5CC[C@@H]4c3ccccc3)NC2=O)cc(I)c1O. The summed E-state index contributed by atoms with van der Waals surface area (Å²) in [7, 11) is 0. The summed E-state index contributed by atoms with van der Waals surface area (Å²) in [5.74, 6) is 0.895. The third-order valence-corrected chi connectivity index (χ3v) is 10.3. The number of nitrogens with zero attached hydrogens (tertiary/aromatic N) is 2. The third kappa shape index (κ3) is 5.61. The minimum Gasteiger partial charge on any atom is -0.504 e. The lowest BCUT2D eigenvalue weighted by Gasteiger charge is -2.43. The largest absolute Gasteiger partial charge is 0.504 e. The number of hydrogen-bond donors (Lipinski definition) is 2. The Morgan fingerprint density at radius 3 is 2.18 bits per heavy atom. The van der Waals surface area contributed by atoms with Crippen molar-refractivity contribution in [3.05, 3.63) is 121 Å². The maximum absolute atomic E-state index is 13.1. The maximum atomic E-state index is 13.1. The molecule has 3 aliphatic heterocycles. The highest BCUT2D eigenvalue weighted by Crippen LogP contribution is 2.50. The second kappa shape index (κ2) is 12.3. The molecule has 4 aromatic rings. The fourth-order valence-electron chi connectivity index (χ4n) is 6.60. The molecular weight excluding hydrogens is 681 g/mol. The number of carbonyl (C=O) groups excluding carboxylic acids is 1. The van der Waals surface area contributed by atoms with E-state index in [1.807, 2.05) is 19.1 Å². The number of thioether (sulfide) groups is 1. The van der Waals surface area contributed by atoms with Crippen molar-refractivity contribution in [1.82, 2.24) is 5.32 Å². The van der Waals surface area contributed by atoms with Crippen LogP contribution in [0.4, 0.5) is 11.4 Å². The van der Waals surface area contributed by atoms with Gasteiger partial charge in [-0.3, -0.25) is 4.79 Å². The minimum absolute atomic E-state index is 0.109. The van der Waals surface area contributed by atoms with Gasteiger partial charge < -0.3 is 20.1 Å². The van der Waals surface area contributed by atoms with Crippen LogP contribution in [0.25, 0.3) is 6.08 Å². The van der Waals surface area contributed by atoms with Gasteiger partial charge in [0.15, 0.2) is 16.7 Å². The average molecular weight is 714 g/mol. The lowest BCUT2D eigenvalue weighted by molar-refractivity contribution is -0.115. The zero-order valence-corrected chi connectivity index (χ0v) is 27.3. The molecule has 6 nitrogen and oxygen atoms in total. The summed E-state index contributed by atoms with van der Waals surface area (Å²) in [6, 6.07) is 29.6. The van der Waals surface area contributed by atoms with E-state index >= 15 is 0 Å². The Bertz CT molecular complexity index is 1720. The molecule has 7 rings (SSSR count). The van der Waals surface area contributed by atoms with E-state index in [0.29, 0.717) is 26.0 Å². The number of ether oxygens (including phenoxy) is 1. The number of rotatable bonds is 6. The lowest BCUT2D eigenvalue weighted by atomic mass is 9.76. The van der Waals surface area contributed by atoms with E-state index in [-0.39, 0.29) is 23.5 Å². The van der Waals surface area contributed by atoms with Crippen LogP contribution in [0.5, 0.6) is 11.5 Å². The van der Waals surface area contributed by atoms with Gasteiger partial charge in [-0.25, -0.2) is 4.99 Å². The van der Waals surface area contributed by atoms with Crippen molar-refractivity contribution < 1.29 is 14.6 Å². The summed E-state index contributed by atoms with van der Waals surface area (Å²) >= 11 is 3.41. The molecule has 4 aromatic carbocycles. The first-order valence-corrected chi connectivity index (χ1v) is 16.9. The van der Waals surface area contributed by atoms with Crippen molar-refractivity contribution in [2.24, 2.45) is 4.99 Å². The van der Waals surface area contributed by atoms with Crippen molar-refractivity contribution in [1.29, 1.82) is 0 Å². The van der Waals surface area contributed by atoms with Gasteiger partial charge >= 0.3 is 0 Å². The number of hydrogen-bond acceptors (Lipinski definition) is 6. The van der Waals surface area contributed by atoms with E-state index in [4.69, 9.17) is 9.73 Å². The monoisotopic (exact) mass is 713 g/mol. The Morgan fingerprint density at radius 1 is 0.977 bits per heavy atom. The molecule has 0 unspecified atom stereocenters. The first-order valence-electron chi connectivity index (χ1n) is 15.0. The van der Waals surface area contributed by atoms with Gasteiger partial charge in [-0.2, -0.15) is 0 Å².